The molecule has 2 unspecified atom stereocenters. The Bertz CT molecular complexity index is 442. The Kier molecular flexibility index (Phi) is 2.91. The molecule has 5 nitrogen and oxygen atoms in total. The first-order valence-corrected chi connectivity index (χ1v) is 6.38. The molecule has 3 rings (SSSR count). The van der Waals surface area contributed by atoms with E-state index in [-0.39, 0.29) is 18.1 Å². The molecular weight excluding hydrogens is 230 g/mol. The Morgan fingerprint density at radius 3 is 2.89 bits per heavy atom. The summed E-state index contributed by atoms with van der Waals surface area (Å²) in [6, 6.07) is 3.47. The highest BCUT2D eigenvalue weighted by Gasteiger charge is 2.41. The van der Waals surface area contributed by atoms with Crippen molar-refractivity contribution in [3.8, 4) is 0 Å². The average Bonchev–Trinajstić information content (AvgIpc) is 3.11. The van der Waals surface area contributed by atoms with Crippen molar-refractivity contribution >= 4 is 11.7 Å². The zero-order valence-corrected chi connectivity index (χ0v) is 10.1. The topological polar surface area (TPSA) is 77.2 Å². The maximum absolute atomic E-state index is 12.1. The molecule has 18 heavy (non-hydrogen) atoms. The van der Waals surface area contributed by atoms with Crippen LogP contribution in [0.2, 0.25) is 0 Å². The third kappa shape index (κ3) is 2.31. The van der Waals surface area contributed by atoms with Crippen molar-refractivity contribution in [1.82, 2.24) is 10.3 Å². The highest BCUT2D eigenvalue weighted by Crippen LogP contribution is 2.38. The summed E-state index contributed by atoms with van der Waals surface area (Å²) in [5.74, 6) is 0.970. The minimum absolute atomic E-state index is 0.0938. The molecule has 5 heteroatoms. The summed E-state index contributed by atoms with van der Waals surface area (Å²) < 4.78 is 5.70. The van der Waals surface area contributed by atoms with Crippen LogP contribution in [0.15, 0.2) is 18.3 Å². The molecule has 2 aliphatic rings. The van der Waals surface area contributed by atoms with Crippen molar-refractivity contribution in [1.29, 1.82) is 0 Å². The van der Waals surface area contributed by atoms with Gasteiger partial charge in [-0.3, -0.25) is 4.79 Å². The van der Waals surface area contributed by atoms with Crippen LogP contribution in [0.25, 0.3) is 0 Å². The van der Waals surface area contributed by atoms with E-state index < -0.39 is 0 Å². The number of ether oxygens (including phenoxy) is 1. The van der Waals surface area contributed by atoms with Crippen molar-refractivity contribution in [2.24, 2.45) is 5.92 Å². The third-order valence-electron chi connectivity index (χ3n) is 3.59. The second-order valence-corrected chi connectivity index (χ2v) is 5.01. The van der Waals surface area contributed by atoms with E-state index in [4.69, 9.17) is 10.5 Å². The van der Waals surface area contributed by atoms with Crippen molar-refractivity contribution in [3.05, 3.63) is 23.9 Å². The fourth-order valence-corrected chi connectivity index (χ4v) is 2.45. The van der Waals surface area contributed by atoms with Crippen LogP contribution in [0.3, 0.4) is 0 Å². The van der Waals surface area contributed by atoms with Gasteiger partial charge in [0.1, 0.15) is 5.82 Å². The Balaban J connectivity index is 1.64. The van der Waals surface area contributed by atoms with Crippen molar-refractivity contribution in [2.75, 3.05) is 12.3 Å². The number of nitrogens with zero attached hydrogens (tertiary/aromatic N) is 1. The summed E-state index contributed by atoms with van der Waals surface area (Å²) in [4.78, 5) is 16.0. The largest absolute Gasteiger partial charge is 0.384 e. The molecule has 0 bridgehead atoms. The van der Waals surface area contributed by atoms with Gasteiger partial charge in [-0.1, -0.05) is 0 Å². The van der Waals surface area contributed by atoms with E-state index in [1.54, 1.807) is 12.1 Å². The molecule has 1 amide bonds. The number of hydrogen-bond acceptors (Lipinski definition) is 4. The number of nitrogens with two attached hydrogens (primary N) is 1. The number of rotatable bonds is 3. The van der Waals surface area contributed by atoms with Crippen LogP contribution in [-0.4, -0.2) is 29.6 Å². The third-order valence-corrected chi connectivity index (χ3v) is 3.59. The highest BCUT2D eigenvalue weighted by molar-refractivity contribution is 5.94. The van der Waals surface area contributed by atoms with Gasteiger partial charge in [-0.25, -0.2) is 4.98 Å². The van der Waals surface area contributed by atoms with Gasteiger partial charge in [0.25, 0.3) is 5.91 Å². The first-order valence-electron chi connectivity index (χ1n) is 6.38. The molecule has 96 valence electrons. The molecule has 1 aromatic rings. The molecule has 1 aliphatic carbocycles. The molecule has 1 saturated heterocycles. The Hall–Kier alpha value is -1.62. The Morgan fingerprint density at radius 2 is 2.22 bits per heavy atom. The molecular formula is C13H17N3O2. The van der Waals surface area contributed by atoms with Crippen LogP contribution >= 0.6 is 0 Å². The summed E-state index contributed by atoms with van der Waals surface area (Å²) in [5, 5.41) is 3.04. The monoisotopic (exact) mass is 247 g/mol. The smallest absolute Gasteiger partial charge is 0.253 e. The van der Waals surface area contributed by atoms with Gasteiger partial charge in [0.05, 0.1) is 17.7 Å². The molecule has 2 atom stereocenters. The summed E-state index contributed by atoms with van der Waals surface area (Å²) in [5.41, 5.74) is 6.04. The number of nitrogens with one attached hydrogen (secondary N) is 1. The summed E-state index contributed by atoms with van der Waals surface area (Å²) >= 11 is 0. The lowest BCUT2D eigenvalue weighted by atomic mass is 10.1. The fourth-order valence-electron chi connectivity index (χ4n) is 2.45. The van der Waals surface area contributed by atoms with Gasteiger partial charge in [-0.15, -0.1) is 0 Å². The second-order valence-electron chi connectivity index (χ2n) is 5.01. The summed E-state index contributed by atoms with van der Waals surface area (Å²) in [7, 11) is 0. The number of carbonyl (C=O) groups excluding carboxylic acids is 1. The van der Waals surface area contributed by atoms with Crippen molar-refractivity contribution < 1.29 is 9.53 Å². The van der Waals surface area contributed by atoms with E-state index >= 15 is 0 Å². The molecule has 0 radical (unpaired) electrons. The zero-order chi connectivity index (χ0) is 12.5. The zero-order valence-electron chi connectivity index (χ0n) is 10.1. The van der Waals surface area contributed by atoms with Gasteiger partial charge in [0, 0.05) is 12.8 Å². The minimum Gasteiger partial charge on any atom is -0.384 e. The van der Waals surface area contributed by atoms with E-state index in [2.05, 4.69) is 10.3 Å². The van der Waals surface area contributed by atoms with Gasteiger partial charge in [0.15, 0.2) is 0 Å². The minimum atomic E-state index is -0.0938. The van der Waals surface area contributed by atoms with Crippen LogP contribution in [0.5, 0.6) is 0 Å². The number of aromatic nitrogens is 1. The second kappa shape index (κ2) is 4.57. The van der Waals surface area contributed by atoms with Gasteiger partial charge >= 0.3 is 0 Å². The average molecular weight is 247 g/mol. The quantitative estimate of drug-likeness (QED) is 0.834. The predicted molar refractivity (Wildman–Crippen MR) is 67.0 cm³/mol. The number of pyridine rings is 1. The summed E-state index contributed by atoms with van der Waals surface area (Å²) in [6.45, 7) is 0.742. The summed E-state index contributed by atoms with van der Waals surface area (Å²) in [6.07, 6.45) is 5.05. The lowest BCUT2D eigenvalue weighted by molar-refractivity contribution is 0.0729. The first-order chi connectivity index (χ1) is 8.74. The number of anilines is 1. The van der Waals surface area contributed by atoms with E-state index in [0.717, 1.165) is 13.0 Å². The molecule has 1 aromatic heterocycles. The molecule has 0 spiro atoms. The van der Waals surface area contributed by atoms with Crippen LogP contribution in [-0.2, 0) is 4.74 Å². The molecule has 1 aliphatic heterocycles. The number of nitrogen functional groups attached to an aromatic ring is 1. The van der Waals surface area contributed by atoms with Crippen molar-refractivity contribution in [3.63, 3.8) is 0 Å². The number of amides is 1. The standard InChI is InChI=1S/C13H17N3O2/c14-11-4-3-9(7-15-11)13(17)16-10-5-6-18-12(10)8-1-2-8/h3-4,7-8,10,12H,1-2,5-6H2,(H2,14,15)(H,16,17). The van der Waals surface area contributed by atoms with E-state index in [9.17, 15) is 4.79 Å². The van der Waals surface area contributed by atoms with Crippen LogP contribution < -0.4 is 11.1 Å². The first kappa shape index (κ1) is 11.5. The number of carbonyl (C=O) groups is 1. The number of hydrogen-bond donors (Lipinski definition) is 2. The molecule has 2 fully saturated rings. The van der Waals surface area contributed by atoms with Crippen LogP contribution in [0, 0.1) is 5.92 Å². The van der Waals surface area contributed by atoms with Gasteiger partial charge < -0.3 is 15.8 Å². The van der Waals surface area contributed by atoms with Crippen LogP contribution in [0.4, 0.5) is 5.82 Å². The van der Waals surface area contributed by atoms with E-state index in [0.29, 0.717) is 17.3 Å². The predicted octanol–water partition coefficient (Wildman–Crippen LogP) is 0.961. The molecule has 2 heterocycles. The van der Waals surface area contributed by atoms with Crippen LogP contribution in [0.1, 0.15) is 29.6 Å². The lowest BCUT2D eigenvalue weighted by Crippen LogP contribution is -2.41. The van der Waals surface area contributed by atoms with Gasteiger partial charge in [-0.05, 0) is 37.3 Å². The highest BCUT2D eigenvalue weighted by atomic mass is 16.5. The maximum Gasteiger partial charge on any atom is 0.253 e. The Labute approximate surface area is 106 Å². The molecule has 1 saturated carbocycles. The molecule has 3 N–H and O–H groups in total. The maximum atomic E-state index is 12.1. The van der Waals surface area contributed by atoms with Crippen molar-refractivity contribution in [2.45, 2.75) is 31.4 Å². The van der Waals surface area contributed by atoms with Gasteiger partial charge in [0.2, 0.25) is 0 Å². The normalized spacial score (nSPS) is 27.1. The van der Waals surface area contributed by atoms with E-state index in [1.807, 2.05) is 0 Å². The van der Waals surface area contributed by atoms with E-state index in [1.165, 1.54) is 19.0 Å². The fraction of sp³-hybridized carbons (Fsp3) is 0.538. The SMILES string of the molecule is Nc1ccc(C(=O)NC2CCOC2C2CC2)cn1. The molecule has 0 aromatic carbocycles. The lowest BCUT2D eigenvalue weighted by Gasteiger charge is -2.19. The van der Waals surface area contributed by atoms with Gasteiger partial charge in [-0.2, -0.15) is 0 Å². The Morgan fingerprint density at radius 1 is 1.39 bits per heavy atom.